The van der Waals surface area contributed by atoms with E-state index in [1.54, 1.807) is 0 Å². The molecule has 1 aliphatic rings. The molecule has 0 saturated carbocycles. The molecule has 16 heavy (non-hydrogen) atoms. The minimum atomic E-state index is -0.00895. The predicted octanol–water partition coefficient (Wildman–Crippen LogP) is 4.66. The molecule has 86 valence electrons. The normalized spacial score (nSPS) is 13.8. The maximum Gasteiger partial charge on any atom is -0.147 e. The van der Waals surface area contributed by atoms with Gasteiger partial charge in [0.15, 0.2) is 0 Å². The Morgan fingerprint density at radius 1 is 1.12 bits per heavy atom. The molecule has 1 aromatic carbocycles. The van der Waals surface area contributed by atoms with Crippen molar-refractivity contribution in [1.29, 1.82) is 0 Å². The van der Waals surface area contributed by atoms with Gasteiger partial charge < -0.3 is 0 Å². The first-order chi connectivity index (χ1) is 6.86. The molecular formula is C12H14Cl2NV. The van der Waals surface area contributed by atoms with E-state index in [0.717, 1.165) is 12.1 Å². The second-order valence-corrected chi connectivity index (χ2v) is 4.74. The molecule has 0 N–H and O–H groups in total. The van der Waals surface area contributed by atoms with Crippen LogP contribution >= 0.6 is 24.8 Å². The topological polar surface area (TPSA) is 12.4 Å². The molecular weight excluding hydrogens is 280 g/mol. The Hall–Kier alpha value is -0.336. The maximum atomic E-state index is 4.63. The zero-order valence-corrected chi connectivity index (χ0v) is 12.0. The van der Waals surface area contributed by atoms with E-state index in [9.17, 15) is 0 Å². The Labute approximate surface area is 116 Å². The molecule has 0 radical (unpaired) electrons. The molecule has 0 fully saturated rings. The van der Waals surface area contributed by atoms with Crippen molar-refractivity contribution in [2.45, 2.75) is 13.3 Å². The van der Waals surface area contributed by atoms with Crippen LogP contribution in [0.5, 0.6) is 0 Å². The van der Waals surface area contributed by atoms with Gasteiger partial charge in [-0.05, 0) is 0 Å². The maximum absolute atomic E-state index is 4.63. The van der Waals surface area contributed by atoms with E-state index in [4.69, 9.17) is 0 Å². The number of rotatable bonds is 2. The summed E-state index contributed by atoms with van der Waals surface area (Å²) in [6.45, 7) is 2.18. The first-order valence-electron chi connectivity index (χ1n) is 4.69. The molecule has 4 heteroatoms. The van der Waals surface area contributed by atoms with Gasteiger partial charge >= 0.3 is 91.3 Å². The van der Waals surface area contributed by atoms with Gasteiger partial charge in [0.25, 0.3) is 0 Å². The van der Waals surface area contributed by atoms with Gasteiger partial charge in [0.05, 0.1) is 0 Å². The van der Waals surface area contributed by atoms with E-state index in [1.165, 1.54) is 9.86 Å². The molecule has 1 aromatic rings. The van der Waals surface area contributed by atoms with Crippen molar-refractivity contribution >= 4 is 30.5 Å². The fourth-order valence-corrected chi connectivity index (χ4v) is 2.57. The van der Waals surface area contributed by atoms with Crippen molar-refractivity contribution in [3.63, 3.8) is 0 Å². The van der Waals surface area contributed by atoms with Crippen LogP contribution in [0.15, 0.2) is 56.1 Å². The van der Waals surface area contributed by atoms with Crippen LogP contribution in [0.25, 0.3) is 0 Å². The van der Waals surface area contributed by atoms with E-state index >= 15 is 0 Å². The predicted molar refractivity (Wildman–Crippen MR) is 69.5 cm³/mol. The Morgan fingerprint density at radius 2 is 1.81 bits per heavy atom. The van der Waals surface area contributed by atoms with Crippen LogP contribution in [-0.4, -0.2) is 0 Å². The Balaban J connectivity index is 0.00000112. The van der Waals surface area contributed by atoms with Gasteiger partial charge in [0, 0.05) is 0 Å². The minimum Gasteiger partial charge on any atom is -0.147 e. The quantitative estimate of drug-likeness (QED) is 0.752. The van der Waals surface area contributed by atoms with Gasteiger partial charge in [0.1, 0.15) is 0 Å². The van der Waals surface area contributed by atoms with Gasteiger partial charge in [-0.25, -0.2) is 0 Å². The summed E-state index contributed by atoms with van der Waals surface area (Å²) in [6.07, 6.45) is 5.54. The molecule has 0 unspecified atom stereocenters. The second-order valence-electron chi connectivity index (χ2n) is 3.27. The zero-order valence-electron chi connectivity index (χ0n) is 8.96. The number of hydrogen-bond acceptors (Lipinski definition) is 1. The number of benzene rings is 1. The van der Waals surface area contributed by atoms with Crippen LogP contribution in [-0.2, 0) is 16.1 Å². The van der Waals surface area contributed by atoms with Crippen LogP contribution in [0.1, 0.15) is 13.3 Å². The summed E-state index contributed by atoms with van der Waals surface area (Å²) in [4.78, 5) is 0. The molecule has 0 heterocycles. The van der Waals surface area contributed by atoms with E-state index in [-0.39, 0.29) is 40.9 Å². The van der Waals surface area contributed by atoms with Crippen molar-refractivity contribution < 1.29 is 16.1 Å². The third-order valence-corrected chi connectivity index (χ3v) is 3.91. The summed E-state index contributed by atoms with van der Waals surface area (Å²) >= 11 is -0.00895. The van der Waals surface area contributed by atoms with Gasteiger partial charge in [-0.3, -0.25) is 0 Å². The molecule has 0 aliphatic heterocycles. The van der Waals surface area contributed by atoms with E-state index in [0.29, 0.717) is 0 Å². The summed E-state index contributed by atoms with van der Waals surface area (Å²) in [5.74, 6) is 0. The van der Waals surface area contributed by atoms with E-state index in [1.807, 2.05) is 18.2 Å². The fourth-order valence-electron chi connectivity index (χ4n) is 1.34. The van der Waals surface area contributed by atoms with Crippen LogP contribution in [0.4, 0.5) is 5.69 Å². The molecule has 0 saturated heterocycles. The largest absolute Gasteiger partial charge is 0.147 e. The Kier molecular flexibility index (Phi) is 7.70. The van der Waals surface area contributed by atoms with Crippen LogP contribution in [0.2, 0.25) is 0 Å². The monoisotopic (exact) mass is 293 g/mol. The Morgan fingerprint density at radius 3 is 2.38 bits per heavy atom. The van der Waals surface area contributed by atoms with Crippen molar-refractivity contribution in [3.8, 4) is 0 Å². The standard InChI is InChI=1S/C6H5N.C6H7.2ClH.V/c7-6-4-2-1-3-5-6;1-6-4-2-3-5-6;;;/h1-5H;2,4H,3H2,1H3;2*1H;. The molecule has 0 aromatic heterocycles. The molecule has 1 aliphatic carbocycles. The zero-order chi connectivity index (χ0) is 9.80. The van der Waals surface area contributed by atoms with Gasteiger partial charge in [-0.1, -0.05) is 0 Å². The van der Waals surface area contributed by atoms with E-state index < -0.39 is 0 Å². The second kappa shape index (κ2) is 7.86. The van der Waals surface area contributed by atoms with Crippen molar-refractivity contribution in [1.82, 2.24) is 0 Å². The van der Waals surface area contributed by atoms with Gasteiger partial charge in [0.2, 0.25) is 0 Å². The number of nitrogens with zero attached hydrogens (tertiary/aromatic N) is 1. The van der Waals surface area contributed by atoms with E-state index in [2.05, 4.69) is 35.0 Å². The van der Waals surface area contributed by atoms with Crippen molar-refractivity contribution in [2.75, 3.05) is 0 Å². The van der Waals surface area contributed by atoms with Crippen LogP contribution in [0, 0.1) is 0 Å². The van der Waals surface area contributed by atoms with Gasteiger partial charge in [-0.15, -0.1) is 24.8 Å². The molecule has 1 nitrogen and oxygen atoms in total. The first kappa shape index (κ1) is 15.7. The third kappa shape index (κ3) is 4.27. The molecule has 0 bridgehead atoms. The van der Waals surface area contributed by atoms with Crippen molar-refractivity contribution in [3.05, 3.63) is 52.3 Å². The molecule has 0 amide bonds. The molecule has 0 atom stereocenters. The summed E-state index contributed by atoms with van der Waals surface area (Å²) in [7, 11) is 0. The average Bonchev–Trinajstić information content (AvgIpc) is 2.63. The third-order valence-electron chi connectivity index (χ3n) is 2.18. The fraction of sp³-hybridized carbons (Fsp3) is 0.167. The first-order valence-corrected chi connectivity index (χ1v) is 6.01. The minimum absolute atomic E-state index is 0. The Bertz CT molecular complexity index is 410. The summed E-state index contributed by atoms with van der Waals surface area (Å²) in [5, 5.41) is 0. The molecule has 2 rings (SSSR count). The molecule has 0 spiro atoms. The SMILES string of the molecule is CC1=[C]([V]=[N]c2ccccc2)CC=C1.Cl.Cl. The smallest absolute Gasteiger partial charge is 0.147 e. The van der Waals surface area contributed by atoms with Gasteiger partial charge in [-0.2, -0.15) is 0 Å². The number of halogens is 2. The summed E-state index contributed by atoms with van der Waals surface area (Å²) in [5.41, 5.74) is 2.53. The van der Waals surface area contributed by atoms with Crippen LogP contribution in [0.3, 0.4) is 0 Å². The van der Waals surface area contributed by atoms with Crippen LogP contribution < -0.4 is 0 Å². The summed E-state index contributed by atoms with van der Waals surface area (Å²) < 4.78 is 6.17. The number of allylic oxidation sites excluding steroid dienone is 4. The van der Waals surface area contributed by atoms with Crippen molar-refractivity contribution in [2.24, 2.45) is 3.79 Å². The number of hydrogen-bond donors (Lipinski definition) is 0. The summed E-state index contributed by atoms with van der Waals surface area (Å²) in [6, 6.07) is 10.2. The average molecular weight is 294 g/mol.